The quantitative estimate of drug-likeness (QED) is 0.294. The van der Waals surface area contributed by atoms with E-state index in [4.69, 9.17) is 14.2 Å². The molecule has 0 aromatic heterocycles. The lowest BCUT2D eigenvalue weighted by Gasteiger charge is -2.13. The van der Waals surface area contributed by atoms with Crippen molar-refractivity contribution in [3.63, 3.8) is 0 Å². The summed E-state index contributed by atoms with van der Waals surface area (Å²) in [6.07, 6.45) is 5.50. The van der Waals surface area contributed by atoms with E-state index in [9.17, 15) is 4.79 Å². The largest absolute Gasteiger partial charge is 0.494 e. The third kappa shape index (κ3) is 8.28. The van der Waals surface area contributed by atoms with Crippen molar-refractivity contribution >= 4 is 5.97 Å². The first-order valence-electron chi connectivity index (χ1n) is 10.8. The predicted molar refractivity (Wildman–Crippen MR) is 118 cm³/mol. The molecule has 0 N–H and O–H groups in total. The van der Waals surface area contributed by atoms with Crippen molar-refractivity contribution in [1.29, 1.82) is 0 Å². The van der Waals surface area contributed by atoms with Gasteiger partial charge < -0.3 is 14.2 Å². The Morgan fingerprint density at radius 3 is 2.10 bits per heavy atom. The zero-order valence-electron chi connectivity index (χ0n) is 18.0. The van der Waals surface area contributed by atoms with Gasteiger partial charge >= 0.3 is 5.97 Å². The van der Waals surface area contributed by atoms with Crippen molar-refractivity contribution < 1.29 is 19.0 Å². The summed E-state index contributed by atoms with van der Waals surface area (Å²) in [5.41, 5.74) is 2.68. The number of benzene rings is 2. The number of hydrogen-bond donors (Lipinski definition) is 0. The summed E-state index contributed by atoms with van der Waals surface area (Å²) in [5.74, 6) is 0.570. The van der Waals surface area contributed by atoms with Gasteiger partial charge in [0.05, 0.1) is 18.8 Å². The fourth-order valence-electron chi connectivity index (χ4n) is 2.94. The van der Waals surface area contributed by atoms with E-state index in [1.165, 1.54) is 19.3 Å². The molecule has 29 heavy (non-hydrogen) atoms. The Kier molecular flexibility index (Phi) is 10.3. The van der Waals surface area contributed by atoms with Crippen LogP contribution in [0.2, 0.25) is 0 Å². The first-order valence-corrected chi connectivity index (χ1v) is 10.8. The summed E-state index contributed by atoms with van der Waals surface area (Å²) in [5, 5.41) is 0. The van der Waals surface area contributed by atoms with Crippen LogP contribution in [-0.4, -0.2) is 31.9 Å². The molecule has 1 unspecified atom stereocenters. The number of carbonyl (C=O) groups excluding carboxylic acids is 1. The molecule has 0 spiro atoms. The number of hydrogen-bond acceptors (Lipinski definition) is 4. The summed E-state index contributed by atoms with van der Waals surface area (Å²) in [4.78, 5) is 12.3. The van der Waals surface area contributed by atoms with Gasteiger partial charge in [-0.25, -0.2) is 4.79 Å². The molecule has 0 aliphatic rings. The molecule has 158 valence electrons. The Balaban J connectivity index is 1.85. The van der Waals surface area contributed by atoms with E-state index in [1.807, 2.05) is 50.2 Å². The highest BCUT2D eigenvalue weighted by Gasteiger charge is 2.12. The minimum Gasteiger partial charge on any atom is -0.494 e. The first-order chi connectivity index (χ1) is 14.1. The van der Waals surface area contributed by atoms with Gasteiger partial charge in [0, 0.05) is 6.61 Å². The number of carbonyl (C=O) groups is 1. The van der Waals surface area contributed by atoms with E-state index in [0.29, 0.717) is 18.8 Å². The van der Waals surface area contributed by atoms with Crippen LogP contribution in [0.5, 0.6) is 5.75 Å². The molecule has 0 bridgehead atoms. The fourth-order valence-corrected chi connectivity index (χ4v) is 2.94. The monoisotopic (exact) mass is 398 g/mol. The number of esters is 1. The van der Waals surface area contributed by atoms with Crippen LogP contribution in [0.3, 0.4) is 0 Å². The van der Waals surface area contributed by atoms with Gasteiger partial charge in [-0.2, -0.15) is 0 Å². The summed E-state index contributed by atoms with van der Waals surface area (Å²) in [6, 6.07) is 15.6. The van der Waals surface area contributed by atoms with Crippen LogP contribution in [0, 0.1) is 0 Å². The van der Waals surface area contributed by atoms with Crippen molar-refractivity contribution in [3.05, 3.63) is 54.1 Å². The average molecular weight is 399 g/mol. The molecule has 0 aliphatic carbocycles. The molecule has 2 rings (SSSR count). The van der Waals surface area contributed by atoms with E-state index in [0.717, 1.165) is 36.3 Å². The second-order valence-corrected chi connectivity index (χ2v) is 7.30. The number of ether oxygens (including phenoxy) is 3. The van der Waals surface area contributed by atoms with Crippen LogP contribution in [0.25, 0.3) is 11.1 Å². The molecule has 1 atom stereocenters. The second-order valence-electron chi connectivity index (χ2n) is 7.30. The number of rotatable bonds is 13. The average Bonchev–Trinajstić information content (AvgIpc) is 2.74. The van der Waals surface area contributed by atoms with Crippen LogP contribution in [-0.2, 0) is 9.47 Å². The smallest absolute Gasteiger partial charge is 0.338 e. The minimum atomic E-state index is -0.323. The highest BCUT2D eigenvalue weighted by molar-refractivity contribution is 5.90. The third-order valence-electron chi connectivity index (χ3n) is 4.58. The lowest BCUT2D eigenvalue weighted by Crippen LogP contribution is -2.20. The summed E-state index contributed by atoms with van der Waals surface area (Å²) in [6.45, 7) is 7.96. The molecule has 0 heterocycles. The van der Waals surface area contributed by atoms with Gasteiger partial charge in [-0.05, 0) is 55.2 Å². The molecule has 0 aliphatic heterocycles. The van der Waals surface area contributed by atoms with Crippen molar-refractivity contribution in [2.45, 2.75) is 59.0 Å². The Morgan fingerprint density at radius 1 is 0.828 bits per heavy atom. The zero-order chi connectivity index (χ0) is 20.9. The lowest BCUT2D eigenvalue weighted by atomic mass is 10.0. The minimum absolute atomic E-state index is 0.261. The van der Waals surface area contributed by atoms with E-state index in [1.54, 1.807) is 12.1 Å². The predicted octanol–water partition coefficient (Wildman–Crippen LogP) is 6.28. The highest BCUT2D eigenvalue weighted by atomic mass is 16.6. The van der Waals surface area contributed by atoms with E-state index < -0.39 is 0 Å². The van der Waals surface area contributed by atoms with Gasteiger partial charge in [-0.1, -0.05) is 57.4 Å². The lowest BCUT2D eigenvalue weighted by molar-refractivity contribution is 0.00226. The second kappa shape index (κ2) is 13.0. The Morgan fingerprint density at radius 2 is 1.48 bits per heavy atom. The van der Waals surface area contributed by atoms with Gasteiger partial charge in [-0.3, -0.25) is 0 Å². The maximum atomic E-state index is 12.3. The Labute approximate surface area is 175 Å². The highest BCUT2D eigenvalue weighted by Crippen LogP contribution is 2.23. The van der Waals surface area contributed by atoms with Gasteiger partial charge in [0.15, 0.2) is 0 Å². The van der Waals surface area contributed by atoms with E-state index in [2.05, 4.69) is 6.92 Å². The third-order valence-corrected chi connectivity index (χ3v) is 4.58. The fraction of sp³-hybridized carbons (Fsp3) is 0.480. The molecular formula is C25H34O4. The molecule has 2 aromatic rings. The Hall–Kier alpha value is -2.33. The van der Waals surface area contributed by atoms with Gasteiger partial charge in [0.1, 0.15) is 11.9 Å². The number of unbranched alkanes of at least 4 members (excludes halogenated alkanes) is 3. The SMILES string of the molecule is CCCCCCOc1ccc(-c2ccc(C(=O)OC(C)COCCC)cc2)cc1. The van der Waals surface area contributed by atoms with Gasteiger partial charge in [-0.15, -0.1) is 0 Å². The summed E-state index contributed by atoms with van der Waals surface area (Å²) < 4.78 is 16.6. The Bertz CT molecular complexity index is 707. The molecule has 4 nitrogen and oxygen atoms in total. The summed E-state index contributed by atoms with van der Waals surface area (Å²) in [7, 11) is 0. The molecule has 0 amide bonds. The van der Waals surface area contributed by atoms with Crippen molar-refractivity contribution in [2.24, 2.45) is 0 Å². The van der Waals surface area contributed by atoms with Gasteiger partial charge in [0.25, 0.3) is 0 Å². The normalized spacial score (nSPS) is 11.8. The van der Waals surface area contributed by atoms with Gasteiger partial charge in [0.2, 0.25) is 0 Å². The topological polar surface area (TPSA) is 44.8 Å². The van der Waals surface area contributed by atoms with Crippen molar-refractivity contribution in [2.75, 3.05) is 19.8 Å². The molecule has 0 saturated heterocycles. The molecular weight excluding hydrogens is 364 g/mol. The van der Waals surface area contributed by atoms with Crippen LogP contribution >= 0.6 is 0 Å². The molecule has 0 radical (unpaired) electrons. The maximum Gasteiger partial charge on any atom is 0.338 e. The molecule has 2 aromatic carbocycles. The molecule has 4 heteroatoms. The standard InChI is InChI=1S/C25H34O4/c1-4-6-7-8-18-28-24-15-13-22(14-16-24)21-9-11-23(12-10-21)25(26)29-20(3)19-27-17-5-2/h9-16,20H,4-8,17-19H2,1-3H3. The van der Waals surface area contributed by atoms with Crippen molar-refractivity contribution in [3.8, 4) is 16.9 Å². The first kappa shape index (κ1) is 23.0. The maximum absolute atomic E-state index is 12.3. The van der Waals surface area contributed by atoms with Crippen LogP contribution in [0.15, 0.2) is 48.5 Å². The van der Waals surface area contributed by atoms with E-state index >= 15 is 0 Å². The molecule has 0 fully saturated rings. The van der Waals surface area contributed by atoms with Crippen LogP contribution in [0.1, 0.15) is 63.2 Å². The van der Waals surface area contributed by atoms with Crippen LogP contribution < -0.4 is 4.74 Å². The zero-order valence-corrected chi connectivity index (χ0v) is 18.0. The van der Waals surface area contributed by atoms with Crippen molar-refractivity contribution in [1.82, 2.24) is 0 Å². The summed E-state index contributed by atoms with van der Waals surface area (Å²) >= 11 is 0. The van der Waals surface area contributed by atoms with Crippen LogP contribution in [0.4, 0.5) is 0 Å². The van der Waals surface area contributed by atoms with E-state index in [-0.39, 0.29) is 12.1 Å². The molecule has 0 saturated carbocycles.